The van der Waals surface area contributed by atoms with Gasteiger partial charge in [-0.05, 0) is 46.5 Å². The molecule has 0 bridgehead atoms. The van der Waals surface area contributed by atoms with Gasteiger partial charge in [0.25, 0.3) is 0 Å². The highest BCUT2D eigenvalue weighted by Crippen LogP contribution is 2.43. The number of hydrogen-bond donors (Lipinski definition) is 1. The second-order valence-corrected chi connectivity index (χ2v) is 6.45. The van der Waals surface area contributed by atoms with Crippen LogP contribution in [0.15, 0.2) is 22.7 Å². The zero-order valence-corrected chi connectivity index (χ0v) is 12.1. The van der Waals surface area contributed by atoms with Gasteiger partial charge in [-0.2, -0.15) is 0 Å². The number of nitrogen functional groups attached to an aromatic ring is 1. The molecule has 1 aliphatic rings. The van der Waals surface area contributed by atoms with Crippen LogP contribution in [0.3, 0.4) is 0 Å². The van der Waals surface area contributed by atoms with Gasteiger partial charge in [-0.1, -0.05) is 17.7 Å². The first-order valence-electron chi connectivity index (χ1n) is 5.35. The van der Waals surface area contributed by atoms with Gasteiger partial charge in [-0.3, -0.25) is 0 Å². The smallest absolute Gasteiger partial charge is 0.180 e. The van der Waals surface area contributed by atoms with Crippen molar-refractivity contribution >= 4 is 44.0 Å². The van der Waals surface area contributed by atoms with Crippen LogP contribution in [-0.4, -0.2) is 4.98 Å². The van der Waals surface area contributed by atoms with E-state index in [2.05, 4.69) is 27.0 Å². The van der Waals surface area contributed by atoms with Crippen molar-refractivity contribution in [1.82, 2.24) is 4.98 Å². The SMILES string of the molecule is Nc1nc2c(s1)C(c1ccc(Br)c(Cl)c1)CC2. The predicted octanol–water partition coefficient (Wildman–Crippen LogP) is 4.22. The molecular formula is C12H10BrClN2S. The second kappa shape index (κ2) is 4.26. The lowest BCUT2D eigenvalue weighted by Crippen LogP contribution is -1.94. The van der Waals surface area contributed by atoms with Crippen LogP contribution in [0.1, 0.15) is 28.5 Å². The Morgan fingerprint density at radius 2 is 2.29 bits per heavy atom. The number of rotatable bonds is 1. The van der Waals surface area contributed by atoms with Crippen molar-refractivity contribution in [2.75, 3.05) is 5.73 Å². The Morgan fingerprint density at radius 1 is 1.47 bits per heavy atom. The lowest BCUT2D eigenvalue weighted by atomic mass is 9.99. The number of halogens is 2. The summed E-state index contributed by atoms with van der Waals surface area (Å²) in [7, 11) is 0. The van der Waals surface area contributed by atoms with E-state index in [1.807, 2.05) is 12.1 Å². The normalized spacial score (nSPS) is 18.4. The van der Waals surface area contributed by atoms with E-state index in [-0.39, 0.29) is 0 Å². The number of nitrogens with zero attached hydrogens (tertiary/aromatic N) is 1. The average molecular weight is 330 g/mol. The lowest BCUT2D eigenvalue weighted by molar-refractivity contribution is 0.790. The van der Waals surface area contributed by atoms with Crippen LogP contribution < -0.4 is 5.73 Å². The summed E-state index contributed by atoms with van der Waals surface area (Å²) in [6, 6.07) is 6.15. The molecule has 0 radical (unpaired) electrons. The molecule has 0 aliphatic heterocycles. The van der Waals surface area contributed by atoms with Crippen molar-refractivity contribution in [3.05, 3.63) is 43.8 Å². The van der Waals surface area contributed by atoms with E-state index < -0.39 is 0 Å². The molecule has 3 rings (SSSR count). The first-order chi connectivity index (χ1) is 8.15. The Kier molecular flexibility index (Phi) is 2.89. The topological polar surface area (TPSA) is 38.9 Å². The van der Waals surface area contributed by atoms with Crippen molar-refractivity contribution in [3.63, 3.8) is 0 Å². The molecule has 1 aliphatic carbocycles. The van der Waals surface area contributed by atoms with Crippen molar-refractivity contribution < 1.29 is 0 Å². The van der Waals surface area contributed by atoms with Gasteiger partial charge in [0, 0.05) is 15.3 Å². The van der Waals surface area contributed by atoms with Gasteiger partial charge in [-0.15, -0.1) is 11.3 Å². The molecule has 0 saturated carbocycles. The third-order valence-corrected chi connectivity index (χ3v) is 5.35. The van der Waals surface area contributed by atoms with Crippen molar-refractivity contribution in [2.45, 2.75) is 18.8 Å². The van der Waals surface area contributed by atoms with Crippen molar-refractivity contribution in [1.29, 1.82) is 0 Å². The molecule has 0 spiro atoms. The zero-order valence-electron chi connectivity index (χ0n) is 8.91. The molecule has 1 aromatic carbocycles. The maximum Gasteiger partial charge on any atom is 0.180 e. The van der Waals surface area contributed by atoms with Gasteiger partial charge in [0.05, 0.1) is 10.7 Å². The third kappa shape index (κ3) is 1.98. The Bertz CT molecular complexity index is 582. The Morgan fingerprint density at radius 3 is 3.06 bits per heavy atom. The van der Waals surface area contributed by atoms with E-state index in [0.29, 0.717) is 11.0 Å². The van der Waals surface area contributed by atoms with Gasteiger partial charge in [-0.25, -0.2) is 4.98 Å². The fraction of sp³-hybridized carbons (Fsp3) is 0.250. The Labute approximate surface area is 117 Å². The zero-order chi connectivity index (χ0) is 12.0. The molecule has 0 saturated heterocycles. The molecule has 2 nitrogen and oxygen atoms in total. The summed E-state index contributed by atoms with van der Waals surface area (Å²) in [5.74, 6) is 0.408. The summed E-state index contributed by atoms with van der Waals surface area (Å²) >= 11 is 11.2. The predicted molar refractivity (Wildman–Crippen MR) is 75.8 cm³/mol. The van der Waals surface area contributed by atoms with Gasteiger partial charge < -0.3 is 5.73 Å². The quantitative estimate of drug-likeness (QED) is 0.851. The van der Waals surface area contributed by atoms with E-state index >= 15 is 0 Å². The number of anilines is 1. The Hall–Kier alpha value is -0.580. The fourth-order valence-corrected chi connectivity index (χ4v) is 3.77. The highest BCUT2D eigenvalue weighted by Gasteiger charge is 2.28. The average Bonchev–Trinajstić information content (AvgIpc) is 2.81. The number of nitrogens with two attached hydrogens (primary N) is 1. The lowest BCUT2D eigenvalue weighted by Gasteiger charge is -2.10. The van der Waals surface area contributed by atoms with Crippen LogP contribution in [0.2, 0.25) is 5.02 Å². The minimum atomic E-state index is 0.408. The largest absolute Gasteiger partial charge is 0.375 e. The van der Waals surface area contributed by atoms with E-state index in [9.17, 15) is 0 Å². The number of benzene rings is 1. The van der Waals surface area contributed by atoms with Gasteiger partial charge in [0.2, 0.25) is 0 Å². The molecule has 88 valence electrons. The standard InChI is InChI=1S/C12H10BrClN2S/c13-8-3-1-6(5-9(8)14)7-2-4-10-11(7)17-12(15)16-10/h1,3,5,7H,2,4H2,(H2,15,16). The fourth-order valence-electron chi connectivity index (χ4n) is 2.29. The van der Waals surface area contributed by atoms with Crippen LogP contribution in [0.4, 0.5) is 5.13 Å². The monoisotopic (exact) mass is 328 g/mol. The number of fused-ring (bicyclic) bond motifs is 1. The first-order valence-corrected chi connectivity index (χ1v) is 7.34. The molecule has 1 aromatic heterocycles. The Balaban J connectivity index is 2.03. The minimum absolute atomic E-state index is 0.408. The maximum absolute atomic E-state index is 6.14. The molecule has 0 amide bonds. The number of aryl methyl sites for hydroxylation is 1. The van der Waals surface area contributed by atoms with Crippen LogP contribution in [0.25, 0.3) is 0 Å². The third-order valence-electron chi connectivity index (χ3n) is 3.08. The van der Waals surface area contributed by atoms with Crippen molar-refractivity contribution in [2.24, 2.45) is 0 Å². The summed E-state index contributed by atoms with van der Waals surface area (Å²) in [6.45, 7) is 0. The summed E-state index contributed by atoms with van der Waals surface area (Å²) in [6.07, 6.45) is 2.12. The number of hydrogen-bond acceptors (Lipinski definition) is 3. The molecule has 0 fully saturated rings. The van der Waals surface area contributed by atoms with E-state index in [4.69, 9.17) is 17.3 Å². The van der Waals surface area contributed by atoms with E-state index in [0.717, 1.165) is 28.0 Å². The highest BCUT2D eigenvalue weighted by molar-refractivity contribution is 9.10. The summed E-state index contributed by atoms with van der Waals surface area (Å²) in [4.78, 5) is 5.67. The maximum atomic E-state index is 6.14. The molecule has 5 heteroatoms. The summed E-state index contributed by atoms with van der Waals surface area (Å²) in [5.41, 5.74) is 8.17. The number of thiazole rings is 1. The number of aromatic nitrogens is 1. The highest BCUT2D eigenvalue weighted by atomic mass is 79.9. The van der Waals surface area contributed by atoms with Crippen LogP contribution >= 0.6 is 38.9 Å². The molecule has 17 heavy (non-hydrogen) atoms. The first kappa shape index (κ1) is 11.5. The van der Waals surface area contributed by atoms with Crippen LogP contribution in [0, 0.1) is 0 Å². The minimum Gasteiger partial charge on any atom is -0.375 e. The van der Waals surface area contributed by atoms with E-state index in [1.165, 1.54) is 10.4 Å². The van der Waals surface area contributed by atoms with Crippen LogP contribution in [-0.2, 0) is 6.42 Å². The van der Waals surface area contributed by atoms with Gasteiger partial charge in [0.15, 0.2) is 5.13 Å². The van der Waals surface area contributed by atoms with E-state index in [1.54, 1.807) is 11.3 Å². The van der Waals surface area contributed by atoms with Gasteiger partial charge >= 0.3 is 0 Å². The van der Waals surface area contributed by atoms with Crippen LogP contribution in [0.5, 0.6) is 0 Å². The molecule has 1 unspecified atom stereocenters. The molecule has 1 heterocycles. The molecule has 2 N–H and O–H groups in total. The second-order valence-electron chi connectivity index (χ2n) is 4.13. The van der Waals surface area contributed by atoms with Crippen molar-refractivity contribution in [3.8, 4) is 0 Å². The van der Waals surface area contributed by atoms with Gasteiger partial charge in [0.1, 0.15) is 0 Å². The summed E-state index contributed by atoms with van der Waals surface area (Å²) < 4.78 is 0.935. The molecule has 2 aromatic rings. The molecule has 1 atom stereocenters. The summed E-state index contributed by atoms with van der Waals surface area (Å²) in [5, 5.41) is 1.43. The molecular weight excluding hydrogens is 320 g/mol.